The highest BCUT2D eigenvalue weighted by molar-refractivity contribution is 6.58. The third-order valence-corrected chi connectivity index (χ3v) is 1.76. The Kier molecular flexibility index (Phi) is 3.57. The zero-order chi connectivity index (χ0) is 10.7. The van der Waals surface area contributed by atoms with E-state index in [1.807, 2.05) is 0 Å². The third-order valence-electron chi connectivity index (χ3n) is 1.76. The van der Waals surface area contributed by atoms with Crippen molar-refractivity contribution in [1.82, 2.24) is 0 Å². The van der Waals surface area contributed by atoms with Gasteiger partial charge in [0.1, 0.15) is 11.6 Å². The molecule has 0 saturated heterocycles. The first-order chi connectivity index (χ1) is 6.57. The fourth-order valence-electron chi connectivity index (χ4n) is 1.12. The smallest absolute Gasteiger partial charge is 0.423 e. The molecule has 0 aliphatic rings. The summed E-state index contributed by atoms with van der Waals surface area (Å²) >= 11 is 0. The van der Waals surface area contributed by atoms with Gasteiger partial charge in [0.05, 0.1) is 12.1 Å². The van der Waals surface area contributed by atoms with E-state index in [9.17, 15) is 8.78 Å². The SMILES string of the molecule is COCc1ccc(F)c(B(O)O)c1F. The molecule has 2 N–H and O–H groups in total. The molecule has 76 valence electrons. The molecule has 0 fully saturated rings. The fourth-order valence-corrected chi connectivity index (χ4v) is 1.12. The first-order valence-electron chi connectivity index (χ1n) is 3.89. The summed E-state index contributed by atoms with van der Waals surface area (Å²) in [6, 6.07) is 2.16. The van der Waals surface area contributed by atoms with E-state index in [0.717, 1.165) is 6.07 Å². The highest BCUT2D eigenvalue weighted by Crippen LogP contribution is 2.09. The van der Waals surface area contributed by atoms with Gasteiger partial charge in [0.15, 0.2) is 0 Å². The molecule has 0 heterocycles. The van der Waals surface area contributed by atoms with Gasteiger partial charge in [-0.3, -0.25) is 0 Å². The molecule has 14 heavy (non-hydrogen) atoms. The van der Waals surface area contributed by atoms with Gasteiger partial charge in [-0.25, -0.2) is 8.78 Å². The molecule has 0 aliphatic heterocycles. The molecule has 3 nitrogen and oxygen atoms in total. The fraction of sp³-hybridized carbons (Fsp3) is 0.250. The van der Waals surface area contributed by atoms with Gasteiger partial charge in [0.2, 0.25) is 0 Å². The lowest BCUT2D eigenvalue weighted by atomic mass is 9.78. The van der Waals surface area contributed by atoms with Gasteiger partial charge >= 0.3 is 7.12 Å². The van der Waals surface area contributed by atoms with Crippen molar-refractivity contribution in [3.8, 4) is 0 Å². The lowest BCUT2D eigenvalue weighted by molar-refractivity contribution is 0.181. The van der Waals surface area contributed by atoms with E-state index in [2.05, 4.69) is 4.74 Å². The summed E-state index contributed by atoms with van der Waals surface area (Å²) in [7, 11) is -0.801. The van der Waals surface area contributed by atoms with Crippen LogP contribution in [0.25, 0.3) is 0 Å². The van der Waals surface area contributed by atoms with Crippen LogP contribution in [0.15, 0.2) is 12.1 Å². The second kappa shape index (κ2) is 4.50. The van der Waals surface area contributed by atoms with Crippen molar-refractivity contribution in [2.75, 3.05) is 7.11 Å². The highest BCUT2D eigenvalue weighted by Gasteiger charge is 2.23. The van der Waals surface area contributed by atoms with Crippen molar-refractivity contribution in [1.29, 1.82) is 0 Å². The van der Waals surface area contributed by atoms with Gasteiger partial charge in [-0.1, -0.05) is 6.07 Å². The van der Waals surface area contributed by atoms with Crippen LogP contribution in [-0.4, -0.2) is 24.3 Å². The molecule has 1 aromatic rings. The van der Waals surface area contributed by atoms with Crippen LogP contribution in [0.2, 0.25) is 0 Å². The molecule has 1 aromatic carbocycles. The van der Waals surface area contributed by atoms with E-state index in [-0.39, 0.29) is 12.2 Å². The average molecular weight is 202 g/mol. The minimum Gasteiger partial charge on any atom is -0.423 e. The Balaban J connectivity index is 3.19. The third kappa shape index (κ3) is 2.09. The first kappa shape index (κ1) is 11.1. The van der Waals surface area contributed by atoms with Gasteiger partial charge in [-0.2, -0.15) is 0 Å². The Morgan fingerprint density at radius 3 is 2.50 bits per heavy atom. The number of methoxy groups -OCH3 is 1. The molecule has 0 aromatic heterocycles. The van der Waals surface area contributed by atoms with E-state index in [1.165, 1.54) is 13.2 Å². The maximum Gasteiger partial charge on any atom is 0.494 e. The molecule has 1 rings (SSSR count). The first-order valence-corrected chi connectivity index (χ1v) is 3.89. The van der Waals surface area contributed by atoms with Gasteiger partial charge in [0.25, 0.3) is 0 Å². The summed E-state index contributed by atoms with van der Waals surface area (Å²) in [5.74, 6) is -1.97. The highest BCUT2D eigenvalue weighted by atomic mass is 19.1. The van der Waals surface area contributed by atoms with Crippen LogP contribution < -0.4 is 5.46 Å². The lowest BCUT2D eigenvalue weighted by Gasteiger charge is -2.07. The molecule has 0 saturated carbocycles. The van der Waals surface area contributed by atoms with E-state index in [1.54, 1.807) is 0 Å². The zero-order valence-corrected chi connectivity index (χ0v) is 7.50. The molecule has 0 aliphatic carbocycles. The maximum absolute atomic E-state index is 13.3. The summed E-state index contributed by atoms with van der Waals surface area (Å²) in [5, 5.41) is 17.4. The van der Waals surface area contributed by atoms with E-state index >= 15 is 0 Å². The summed E-state index contributed by atoms with van der Waals surface area (Å²) in [5.41, 5.74) is -0.670. The predicted molar refractivity (Wildman–Crippen MR) is 46.9 cm³/mol. The van der Waals surface area contributed by atoms with Crippen molar-refractivity contribution in [3.05, 3.63) is 29.3 Å². The number of hydrogen-bond donors (Lipinski definition) is 2. The van der Waals surface area contributed by atoms with Gasteiger partial charge in [-0.15, -0.1) is 0 Å². The van der Waals surface area contributed by atoms with Crippen molar-refractivity contribution < 1.29 is 23.6 Å². The normalized spacial score (nSPS) is 10.4. The molecule has 0 atom stereocenters. The Labute approximate surface area is 80.1 Å². The van der Waals surface area contributed by atoms with Crippen LogP contribution in [0.3, 0.4) is 0 Å². The summed E-state index contributed by atoms with van der Waals surface area (Å²) in [6.07, 6.45) is 0. The van der Waals surface area contributed by atoms with Crippen molar-refractivity contribution in [2.45, 2.75) is 6.61 Å². The van der Waals surface area contributed by atoms with Crippen LogP contribution in [0.1, 0.15) is 5.56 Å². The zero-order valence-electron chi connectivity index (χ0n) is 7.50. The van der Waals surface area contributed by atoms with Crippen LogP contribution >= 0.6 is 0 Å². The maximum atomic E-state index is 13.3. The summed E-state index contributed by atoms with van der Waals surface area (Å²) in [6.45, 7) is -0.0498. The largest absolute Gasteiger partial charge is 0.494 e. The van der Waals surface area contributed by atoms with Gasteiger partial charge in [-0.05, 0) is 6.07 Å². The van der Waals surface area contributed by atoms with Crippen LogP contribution in [0.4, 0.5) is 8.78 Å². The monoisotopic (exact) mass is 202 g/mol. The second-order valence-corrected chi connectivity index (χ2v) is 2.74. The van der Waals surface area contributed by atoms with Crippen molar-refractivity contribution in [2.24, 2.45) is 0 Å². The summed E-state index contributed by atoms with van der Waals surface area (Å²) in [4.78, 5) is 0. The Bertz CT molecular complexity index is 331. The van der Waals surface area contributed by atoms with Gasteiger partial charge in [0, 0.05) is 12.7 Å². The molecule has 0 radical (unpaired) electrons. The van der Waals surface area contributed by atoms with Gasteiger partial charge < -0.3 is 14.8 Å². The predicted octanol–water partition coefficient (Wildman–Crippen LogP) is -0.209. The molecule has 0 bridgehead atoms. The lowest BCUT2D eigenvalue weighted by Crippen LogP contribution is -2.36. The standard InChI is InChI=1S/C8H9BF2O3/c1-14-4-5-2-3-6(10)7(8(5)11)9(12)13/h2-3,12-13H,4H2,1H3. The van der Waals surface area contributed by atoms with E-state index in [4.69, 9.17) is 10.0 Å². The average Bonchev–Trinajstić information content (AvgIpc) is 2.10. The molecule has 0 unspecified atom stereocenters. The van der Waals surface area contributed by atoms with Crippen molar-refractivity contribution >= 4 is 12.6 Å². The Morgan fingerprint density at radius 2 is 2.00 bits per heavy atom. The molecule has 0 amide bonds. The number of benzene rings is 1. The van der Waals surface area contributed by atoms with Crippen LogP contribution in [0, 0.1) is 11.6 Å². The Hall–Kier alpha value is -0.975. The molecule has 6 heteroatoms. The van der Waals surface area contributed by atoms with Crippen LogP contribution in [0.5, 0.6) is 0 Å². The minimum absolute atomic E-state index is 0.0498. The molecular weight excluding hydrogens is 193 g/mol. The number of halogens is 2. The summed E-state index contributed by atoms with van der Waals surface area (Å²) < 4.78 is 30.9. The van der Waals surface area contributed by atoms with Crippen LogP contribution in [-0.2, 0) is 11.3 Å². The Morgan fingerprint density at radius 1 is 1.36 bits per heavy atom. The van der Waals surface area contributed by atoms with E-state index < -0.39 is 24.2 Å². The number of hydrogen-bond acceptors (Lipinski definition) is 3. The quantitative estimate of drug-likeness (QED) is 0.666. The number of rotatable bonds is 3. The van der Waals surface area contributed by atoms with Crippen molar-refractivity contribution in [3.63, 3.8) is 0 Å². The topological polar surface area (TPSA) is 49.7 Å². The molecular formula is C8H9BF2O3. The molecule has 0 spiro atoms. The minimum atomic E-state index is -2.16. The van der Waals surface area contributed by atoms with E-state index in [0.29, 0.717) is 0 Å². The number of ether oxygens (including phenoxy) is 1. The second-order valence-electron chi connectivity index (χ2n) is 2.74.